The smallest absolute Gasteiger partial charge is 0.0717 e. The molecule has 0 radical (unpaired) electrons. The topological polar surface area (TPSA) is 50.4 Å². The molecule has 2 unspecified atom stereocenters. The highest BCUT2D eigenvalue weighted by Gasteiger charge is 2.32. The number of benzene rings is 6. The third-order valence-electron chi connectivity index (χ3n) is 12.3. The molecule has 0 saturated carbocycles. The third-order valence-corrected chi connectivity index (χ3v) is 12.3. The summed E-state index contributed by atoms with van der Waals surface area (Å²) < 4.78 is 0. The van der Waals surface area contributed by atoms with Gasteiger partial charge in [0, 0.05) is 42.0 Å². The monoisotopic (exact) mass is 906 g/mol. The van der Waals surface area contributed by atoms with E-state index in [-0.39, 0.29) is 6.04 Å². The molecule has 0 heterocycles. The van der Waals surface area contributed by atoms with Crippen LogP contribution in [0.2, 0.25) is 0 Å². The predicted octanol–water partition coefficient (Wildman–Crippen LogP) is 16.3. The summed E-state index contributed by atoms with van der Waals surface area (Å²) in [5.41, 5.74) is 25.0. The highest BCUT2D eigenvalue weighted by Crippen LogP contribution is 2.45. The number of rotatable bonds is 12. The fourth-order valence-corrected chi connectivity index (χ4v) is 8.82. The number of nitrogens with two attached hydrogens (primary N) is 1. The second-order valence-corrected chi connectivity index (χ2v) is 16.6. The number of para-hydroxylation sites is 1. The van der Waals surface area contributed by atoms with E-state index in [0.29, 0.717) is 5.92 Å². The molecule has 0 saturated heterocycles. The molecular formula is C66H71N3. The lowest BCUT2D eigenvalue weighted by molar-refractivity contribution is 0.519. The molecule has 3 nitrogen and oxygen atoms in total. The van der Waals surface area contributed by atoms with Crippen LogP contribution in [0.4, 0.5) is 11.4 Å². The minimum Gasteiger partial charge on any atom is -0.388 e. The summed E-state index contributed by atoms with van der Waals surface area (Å²) in [5.74, 6) is 0.301. The van der Waals surface area contributed by atoms with Crippen molar-refractivity contribution in [3.05, 3.63) is 262 Å². The van der Waals surface area contributed by atoms with Gasteiger partial charge in [0.05, 0.1) is 5.69 Å². The maximum atomic E-state index is 6.37. The van der Waals surface area contributed by atoms with E-state index in [0.717, 1.165) is 67.2 Å². The van der Waals surface area contributed by atoms with Crippen LogP contribution in [0.25, 0.3) is 46.1 Å². The van der Waals surface area contributed by atoms with Crippen molar-refractivity contribution in [1.29, 1.82) is 0 Å². The van der Waals surface area contributed by atoms with Crippen molar-refractivity contribution in [1.82, 2.24) is 0 Å². The van der Waals surface area contributed by atoms with E-state index in [1.54, 1.807) is 0 Å². The first-order chi connectivity index (χ1) is 33.7. The second kappa shape index (κ2) is 26.7. The molecule has 2 aliphatic carbocycles. The highest BCUT2D eigenvalue weighted by atomic mass is 14.8. The van der Waals surface area contributed by atoms with Crippen molar-refractivity contribution in [2.24, 2.45) is 10.7 Å². The number of aryl methyl sites for hydroxylation is 1. The van der Waals surface area contributed by atoms with E-state index in [1.165, 1.54) is 39.0 Å². The van der Waals surface area contributed by atoms with Gasteiger partial charge in [0.2, 0.25) is 0 Å². The van der Waals surface area contributed by atoms with Gasteiger partial charge in [-0.3, -0.25) is 4.99 Å². The molecule has 3 heteroatoms. The van der Waals surface area contributed by atoms with Crippen LogP contribution in [0.15, 0.2) is 207 Å². The van der Waals surface area contributed by atoms with Gasteiger partial charge in [-0.25, -0.2) is 0 Å². The molecule has 2 aliphatic rings. The molecule has 6 aromatic carbocycles. The van der Waals surface area contributed by atoms with Gasteiger partial charge < -0.3 is 11.1 Å². The van der Waals surface area contributed by atoms with Gasteiger partial charge in [0.25, 0.3) is 0 Å². The summed E-state index contributed by atoms with van der Waals surface area (Å²) in [6.45, 7) is 26.7. The molecule has 0 aliphatic heterocycles. The lowest BCUT2D eigenvalue weighted by Crippen LogP contribution is -2.30. The Labute approximate surface area is 414 Å². The average molecular weight is 906 g/mol. The molecule has 0 fully saturated rings. The number of nitrogens with zero attached hydrogens (tertiary/aromatic N) is 1. The van der Waals surface area contributed by atoms with Crippen molar-refractivity contribution in [2.45, 2.75) is 66.8 Å². The van der Waals surface area contributed by atoms with Crippen LogP contribution in [0.5, 0.6) is 0 Å². The van der Waals surface area contributed by atoms with Crippen LogP contribution in [0, 0.1) is 6.92 Å². The van der Waals surface area contributed by atoms with E-state index < -0.39 is 0 Å². The molecule has 0 aromatic heterocycles. The molecule has 3 N–H and O–H groups in total. The normalized spacial score (nSPS) is 15.4. The first kappa shape index (κ1) is 52.4. The lowest BCUT2D eigenvalue weighted by Gasteiger charge is -2.36. The maximum Gasteiger partial charge on any atom is 0.0717 e. The third kappa shape index (κ3) is 12.9. The number of hydrogen-bond acceptors (Lipinski definition) is 3. The van der Waals surface area contributed by atoms with Crippen LogP contribution >= 0.6 is 0 Å². The van der Waals surface area contributed by atoms with Crippen LogP contribution in [-0.2, 0) is 0 Å². The quantitative estimate of drug-likeness (QED) is 0.0949. The van der Waals surface area contributed by atoms with Gasteiger partial charge >= 0.3 is 0 Å². The zero-order chi connectivity index (χ0) is 49.7. The van der Waals surface area contributed by atoms with E-state index in [1.807, 2.05) is 95.6 Å². The minimum atomic E-state index is 0.0774. The molecule has 69 heavy (non-hydrogen) atoms. The molecule has 6 aromatic rings. The minimum absolute atomic E-state index is 0.0774. The zero-order valence-corrected chi connectivity index (χ0v) is 42.1. The Bertz CT molecular complexity index is 3020. The lowest BCUT2D eigenvalue weighted by atomic mass is 9.72. The van der Waals surface area contributed by atoms with Crippen LogP contribution < -0.4 is 21.5 Å². The van der Waals surface area contributed by atoms with Crippen LogP contribution in [0.3, 0.4) is 0 Å². The van der Waals surface area contributed by atoms with Gasteiger partial charge in [-0.05, 0) is 118 Å². The Morgan fingerprint density at radius 1 is 0.783 bits per heavy atom. The van der Waals surface area contributed by atoms with Crippen molar-refractivity contribution < 1.29 is 0 Å². The van der Waals surface area contributed by atoms with Gasteiger partial charge in [0.1, 0.15) is 0 Å². The standard InChI is InChI=1S/C39H40N2.C18H17N.C7H8.C2H6/c1-8-16-28(17-9-2)35-24-36(41-25-30-21-15-23-34-37(30)27(7)39(34)40)38(31(12-5)33(35)19-11-4)26(6)32-22-14-13-20-29(32)18-10-3;1-19-18-9-5-4-8-17(18)16-12-10-15(11-13-16)14-6-2-3-7-14;1-7-5-3-2-4-6-7;1-2/h8-25,27,39H,1,3,5,40H2,2,4,6-7H3;2-6,8-13,19H,7H2,1H3;2-6H,1H3;1-2H3/b17-9-,19-11-,28-16+,29-18-,32-26+,41-25?;;;. The average Bonchev–Trinajstić information content (AvgIpc) is 3.95. The van der Waals surface area contributed by atoms with Crippen molar-refractivity contribution in [2.75, 3.05) is 12.4 Å². The number of anilines is 1. The fourth-order valence-electron chi connectivity index (χ4n) is 8.82. The Hall–Kier alpha value is -7.59. The molecule has 2 atom stereocenters. The molecule has 8 rings (SSSR count). The molecule has 0 amide bonds. The van der Waals surface area contributed by atoms with E-state index in [9.17, 15) is 0 Å². The summed E-state index contributed by atoms with van der Waals surface area (Å²) in [5, 5.41) is 5.48. The molecule has 0 spiro atoms. The molecule has 350 valence electrons. The number of aliphatic imine (C=N–C) groups is 1. The predicted molar refractivity (Wildman–Crippen MR) is 307 cm³/mol. The van der Waals surface area contributed by atoms with E-state index >= 15 is 0 Å². The summed E-state index contributed by atoms with van der Waals surface area (Å²) in [7, 11) is 1.96. The van der Waals surface area contributed by atoms with Gasteiger partial charge in [-0.15, -0.1) is 0 Å². The maximum absolute atomic E-state index is 6.37. The Morgan fingerprint density at radius 3 is 2.10 bits per heavy atom. The summed E-state index contributed by atoms with van der Waals surface area (Å²) in [6.07, 6.45) is 27.6. The Balaban J connectivity index is 0.000000258. The summed E-state index contributed by atoms with van der Waals surface area (Å²) >= 11 is 0. The number of fused-ring (bicyclic) bond motifs is 1. The first-order valence-electron chi connectivity index (χ1n) is 24.2. The first-order valence-corrected chi connectivity index (χ1v) is 24.2. The van der Waals surface area contributed by atoms with E-state index in [4.69, 9.17) is 10.7 Å². The van der Waals surface area contributed by atoms with Gasteiger partial charge in [-0.1, -0.05) is 234 Å². The highest BCUT2D eigenvalue weighted by molar-refractivity contribution is 5.95. The number of hydrogen-bond donors (Lipinski definition) is 2. The molecular weight excluding hydrogens is 835 g/mol. The molecule has 0 bridgehead atoms. The van der Waals surface area contributed by atoms with Gasteiger partial charge in [-0.2, -0.15) is 0 Å². The summed E-state index contributed by atoms with van der Waals surface area (Å²) in [6, 6.07) is 44.4. The Kier molecular flexibility index (Phi) is 20.2. The van der Waals surface area contributed by atoms with E-state index in [2.05, 4.69) is 191 Å². The summed E-state index contributed by atoms with van der Waals surface area (Å²) in [4.78, 5) is 5.20. The largest absolute Gasteiger partial charge is 0.388 e. The number of nitrogens with one attached hydrogen (secondary N) is 1. The van der Waals surface area contributed by atoms with Crippen molar-refractivity contribution >= 4 is 52.5 Å². The number of allylic oxidation sites excluding steroid dienone is 11. The van der Waals surface area contributed by atoms with Crippen LogP contribution in [0.1, 0.15) is 110 Å². The fraction of sp³-hybridized carbons (Fsp3) is 0.167. The Morgan fingerprint density at radius 2 is 1.48 bits per heavy atom. The van der Waals surface area contributed by atoms with Crippen molar-refractivity contribution in [3.63, 3.8) is 0 Å². The SMILES string of the molecule is C=C/C=c1/cccc/c1=C(/C)c1c(N=Cc2cccc3c2C(C)C3N)cc(C(/C=C\C)=C/C=C)c(/C=C\C)c1C=C.CC.CNc1ccccc1-c1ccc(C2=CC=CC2)cc1.Cc1ccccc1. The zero-order valence-electron chi connectivity index (χ0n) is 42.1. The second-order valence-electron chi connectivity index (χ2n) is 16.6. The van der Waals surface area contributed by atoms with Gasteiger partial charge in [0.15, 0.2) is 0 Å². The van der Waals surface area contributed by atoms with Crippen molar-refractivity contribution in [3.8, 4) is 11.1 Å². The van der Waals surface area contributed by atoms with Crippen LogP contribution in [-0.4, -0.2) is 13.3 Å².